The molecule has 12 heavy (non-hydrogen) atoms. The van der Waals surface area contributed by atoms with Crippen molar-refractivity contribution >= 4 is 31.9 Å². The van der Waals surface area contributed by atoms with Crippen molar-refractivity contribution in [3.63, 3.8) is 0 Å². The Morgan fingerprint density at radius 3 is 2.83 bits per heavy atom. The first-order chi connectivity index (χ1) is 5.75. The summed E-state index contributed by atoms with van der Waals surface area (Å²) < 4.78 is 2.27. The van der Waals surface area contributed by atoms with E-state index in [9.17, 15) is 0 Å². The van der Waals surface area contributed by atoms with Crippen LogP contribution in [0.1, 0.15) is 0 Å². The SMILES string of the molecule is BrC1=CCN2C=C(Br)C=CC2=C1. The van der Waals surface area contributed by atoms with Crippen molar-refractivity contribution in [2.75, 3.05) is 6.54 Å². The fourth-order valence-corrected chi connectivity index (χ4v) is 1.96. The monoisotopic (exact) mass is 287 g/mol. The first-order valence-electron chi connectivity index (χ1n) is 3.65. The number of fused-ring (bicyclic) bond motifs is 1. The zero-order valence-electron chi connectivity index (χ0n) is 6.30. The molecule has 2 aliphatic rings. The number of hydrogen-bond acceptors (Lipinski definition) is 1. The second-order valence-corrected chi connectivity index (χ2v) is 4.49. The Labute approximate surface area is 88.4 Å². The molecular formula is C9H7Br2N. The normalized spacial score (nSPS) is 21.2. The van der Waals surface area contributed by atoms with Gasteiger partial charge in [-0.1, -0.05) is 22.0 Å². The van der Waals surface area contributed by atoms with E-state index in [1.807, 2.05) is 6.08 Å². The highest BCUT2D eigenvalue weighted by atomic mass is 79.9. The van der Waals surface area contributed by atoms with E-state index in [2.05, 4.69) is 61.2 Å². The molecule has 0 N–H and O–H groups in total. The molecular weight excluding hydrogens is 282 g/mol. The number of allylic oxidation sites excluding steroid dienone is 5. The lowest BCUT2D eigenvalue weighted by Gasteiger charge is -2.26. The number of rotatable bonds is 0. The fourth-order valence-electron chi connectivity index (χ4n) is 1.20. The van der Waals surface area contributed by atoms with Crippen molar-refractivity contribution in [2.24, 2.45) is 0 Å². The summed E-state index contributed by atoms with van der Waals surface area (Å²) in [6, 6.07) is 0. The van der Waals surface area contributed by atoms with E-state index in [1.54, 1.807) is 0 Å². The van der Waals surface area contributed by atoms with Gasteiger partial charge in [0, 0.05) is 27.4 Å². The average Bonchev–Trinajstić information content (AvgIpc) is 2.05. The highest BCUT2D eigenvalue weighted by Crippen LogP contribution is 2.26. The van der Waals surface area contributed by atoms with Crippen molar-refractivity contribution in [3.8, 4) is 0 Å². The van der Waals surface area contributed by atoms with Crippen LogP contribution >= 0.6 is 31.9 Å². The summed E-state index contributed by atoms with van der Waals surface area (Å²) in [6.45, 7) is 0.936. The largest absolute Gasteiger partial charge is 0.343 e. The third-order valence-electron chi connectivity index (χ3n) is 1.79. The molecule has 2 aliphatic heterocycles. The van der Waals surface area contributed by atoms with E-state index in [4.69, 9.17) is 0 Å². The van der Waals surface area contributed by atoms with Crippen molar-refractivity contribution in [2.45, 2.75) is 0 Å². The standard InChI is InChI=1S/C9H7Br2N/c10-7-3-4-12-6-8(11)1-2-9(12)5-7/h1-3,5-6H,4H2. The van der Waals surface area contributed by atoms with E-state index < -0.39 is 0 Å². The molecule has 0 unspecified atom stereocenters. The fraction of sp³-hybridized carbons (Fsp3) is 0.111. The van der Waals surface area contributed by atoms with Gasteiger partial charge in [0.2, 0.25) is 0 Å². The Kier molecular flexibility index (Phi) is 2.24. The molecule has 1 nitrogen and oxygen atoms in total. The van der Waals surface area contributed by atoms with E-state index in [0.717, 1.165) is 15.5 Å². The molecule has 0 amide bonds. The predicted molar refractivity (Wildman–Crippen MR) is 57.9 cm³/mol. The van der Waals surface area contributed by atoms with Crippen molar-refractivity contribution in [3.05, 3.63) is 45.2 Å². The first kappa shape index (κ1) is 8.32. The molecule has 2 heterocycles. The van der Waals surface area contributed by atoms with Gasteiger partial charge in [0.15, 0.2) is 0 Å². The summed E-state index contributed by atoms with van der Waals surface area (Å²) in [5.74, 6) is 0. The third-order valence-corrected chi connectivity index (χ3v) is 2.81. The van der Waals surface area contributed by atoms with Gasteiger partial charge in [0.1, 0.15) is 0 Å². The number of halogens is 2. The summed E-state index contributed by atoms with van der Waals surface area (Å²) in [5.41, 5.74) is 1.23. The second-order valence-electron chi connectivity index (χ2n) is 2.66. The van der Waals surface area contributed by atoms with Crippen molar-refractivity contribution < 1.29 is 0 Å². The van der Waals surface area contributed by atoms with E-state index in [-0.39, 0.29) is 0 Å². The Bertz CT molecular complexity index is 323. The van der Waals surface area contributed by atoms with Crippen LogP contribution in [-0.2, 0) is 0 Å². The molecule has 0 saturated carbocycles. The minimum atomic E-state index is 0.936. The lowest BCUT2D eigenvalue weighted by molar-refractivity contribution is 0.522. The maximum Gasteiger partial charge on any atom is 0.0421 e. The number of nitrogens with zero attached hydrogens (tertiary/aromatic N) is 1. The highest BCUT2D eigenvalue weighted by molar-refractivity contribution is 9.12. The minimum absolute atomic E-state index is 0.936. The van der Waals surface area contributed by atoms with Gasteiger partial charge in [0.25, 0.3) is 0 Å². The van der Waals surface area contributed by atoms with Crippen LogP contribution < -0.4 is 0 Å². The Morgan fingerprint density at radius 2 is 2.00 bits per heavy atom. The molecule has 3 heteroatoms. The van der Waals surface area contributed by atoms with Gasteiger partial charge in [-0.05, 0) is 34.2 Å². The lowest BCUT2D eigenvalue weighted by atomic mass is 10.2. The van der Waals surface area contributed by atoms with Crippen LogP contribution in [0.5, 0.6) is 0 Å². The van der Waals surface area contributed by atoms with Crippen LogP contribution in [0.4, 0.5) is 0 Å². The second kappa shape index (κ2) is 3.23. The van der Waals surface area contributed by atoms with Gasteiger partial charge in [-0.3, -0.25) is 0 Å². The maximum absolute atomic E-state index is 3.46. The van der Waals surface area contributed by atoms with Crippen LogP contribution in [0.15, 0.2) is 45.2 Å². The minimum Gasteiger partial charge on any atom is -0.343 e. The molecule has 0 aromatic heterocycles. The Balaban J connectivity index is 2.33. The summed E-state index contributed by atoms with van der Waals surface area (Å²) >= 11 is 6.90. The van der Waals surface area contributed by atoms with Crippen LogP contribution in [0.2, 0.25) is 0 Å². The van der Waals surface area contributed by atoms with E-state index in [0.29, 0.717) is 0 Å². The third kappa shape index (κ3) is 1.57. The van der Waals surface area contributed by atoms with Gasteiger partial charge in [0.05, 0.1) is 0 Å². The van der Waals surface area contributed by atoms with Gasteiger partial charge in [-0.25, -0.2) is 0 Å². The topological polar surface area (TPSA) is 3.24 Å². The summed E-state index contributed by atoms with van der Waals surface area (Å²) in [4.78, 5) is 2.19. The molecule has 0 bridgehead atoms. The predicted octanol–water partition coefficient (Wildman–Crippen LogP) is 3.27. The Morgan fingerprint density at radius 1 is 1.17 bits per heavy atom. The summed E-state index contributed by atoms with van der Waals surface area (Å²) in [7, 11) is 0. The molecule has 0 saturated heterocycles. The molecule has 0 aliphatic carbocycles. The van der Waals surface area contributed by atoms with Gasteiger partial charge in [-0.2, -0.15) is 0 Å². The zero-order chi connectivity index (χ0) is 8.55. The molecule has 0 spiro atoms. The molecule has 62 valence electrons. The summed E-state index contributed by atoms with van der Waals surface area (Å²) in [5, 5.41) is 0. The Hall–Kier alpha value is -0.280. The van der Waals surface area contributed by atoms with Gasteiger partial charge < -0.3 is 4.90 Å². The molecule has 0 aromatic rings. The molecule has 0 radical (unpaired) electrons. The highest BCUT2D eigenvalue weighted by Gasteiger charge is 2.11. The smallest absolute Gasteiger partial charge is 0.0421 e. The average molecular weight is 289 g/mol. The van der Waals surface area contributed by atoms with Crippen LogP contribution in [0.3, 0.4) is 0 Å². The summed E-state index contributed by atoms with van der Waals surface area (Å²) in [6.07, 6.45) is 10.5. The van der Waals surface area contributed by atoms with Crippen molar-refractivity contribution in [1.82, 2.24) is 4.90 Å². The zero-order valence-corrected chi connectivity index (χ0v) is 9.47. The van der Waals surface area contributed by atoms with Gasteiger partial charge in [-0.15, -0.1) is 0 Å². The van der Waals surface area contributed by atoms with Crippen LogP contribution in [-0.4, -0.2) is 11.4 Å². The number of hydrogen-bond donors (Lipinski definition) is 0. The van der Waals surface area contributed by atoms with E-state index in [1.165, 1.54) is 5.70 Å². The quantitative estimate of drug-likeness (QED) is 0.661. The van der Waals surface area contributed by atoms with Crippen LogP contribution in [0.25, 0.3) is 0 Å². The van der Waals surface area contributed by atoms with E-state index >= 15 is 0 Å². The molecule has 0 aromatic carbocycles. The maximum atomic E-state index is 3.46. The van der Waals surface area contributed by atoms with Crippen LogP contribution in [0, 0.1) is 0 Å². The lowest BCUT2D eigenvalue weighted by Crippen LogP contribution is -2.20. The molecule has 0 atom stereocenters. The first-order valence-corrected chi connectivity index (χ1v) is 5.24. The van der Waals surface area contributed by atoms with Crippen molar-refractivity contribution in [1.29, 1.82) is 0 Å². The molecule has 0 fully saturated rings. The molecule has 2 rings (SSSR count). The van der Waals surface area contributed by atoms with Gasteiger partial charge >= 0.3 is 0 Å².